The fourth-order valence-electron chi connectivity index (χ4n) is 1.67. The maximum absolute atomic E-state index is 3.34. The van der Waals surface area contributed by atoms with Crippen LogP contribution in [0, 0.1) is 6.08 Å². The minimum absolute atomic E-state index is 1.17. The fraction of sp³-hybridized carbons (Fsp3) is 0. The highest BCUT2D eigenvalue weighted by Gasteiger charge is 2.01. The Bertz CT molecular complexity index is 631. The van der Waals surface area contributed by atoms with Crippen LogP contribution in [0.5, 0.6) is 0 Å². The Kier molecular flexibility index (Phi) is 3.40. The maximum atomic E-state index is 3.34. The van der Waals surface area contributed by atoms with Gasteiger partial charge in [0, 0.05) is 20.7 Å². The Labute approximate surface area is 115 Å². The van der Waals surface area contributed by atoms with Crippen molar-refractivity contribution in [2.45, 2.75) is 0 Å². The van der Waals surface area contributed by atoms with E-state index in [1.807, 2.05) is 24.3 Å². The third-order valence-electron chi connectivity index (χ3n) is 2.55. The Morgan fingerprint density at radius 2 is 1.72 bits per heavy atom. The van der Waals surface area contributed by atoms with Crippen LogP contribution in [0.4, 0.5) is 0 Å². The van der Waals surface area contributed by atoms with Crippen LogP contribution in [0.1, 0.15) is 10.4 Å². The molecule has 18 heavy (non-hydrogen) atoms. The minimum Gasteiger partial charge on any atom is -0.143 e. The lowest BCUT2D eigenvalue weighted by molar-refractivity contribution is 1.65. The second kappa shape index (κ2) is 5.34. The van der Waals surface area contributed by atoms with Gasteiger partial charge < -0.3 is 0 Å². The van der Waals surface area contributed by atoms with Crippen molar-refractivity contribution in [3.8, 4) is 9.75 Å². The van der Waals surface area contributed by atoms with Gasteiger partial charge in [-0.05, 0) is 35.2 Å². The molecule has 1 aromatic carbocycles. The summed E-state index contributed by atoms with van der Waals surface area (Å²) >= 11 is 3.55. The molecule has 0 nitrogen and oxygen atoms in total. The van der Waals surface area contributed by atoms with Gasteiger partial charge in [0.05, 0.1) is 0 Å². The SMILES string of the molecule is [C](=C\c1ccccc1)/c1ccc(-c2cccs2)s1. The molecule has 2 heteroatoms. The predicted molar refractivity (Wildman–Crippen MR) is 80.9 cm³/mol. The molecule has 0 amide bonds. The van der Waals surface area contributed by atoms with E-state index < -0.39 is 0 Å². The van der Waals surface area contributed by atoms with Crippen LogP contribution in [0.25, 0.3) is 15.8 Å². The van der Waals surface area contributed by atoms with Crippen molar-refractivity contribution >= 4 is 28.7 Å². The van der Waals surface area contributed by atoms with E-state index in [0.717, 1.165) is 0 Å². The molecule has 3 rings (SSSR count). The van der Waals surface area contributed by atoms with Crippen molar-refractivity contribution in [3.63, 3.8) is 0 Å². The molecule has 2 heterocycles. The standard InChI is InChI=1S/C16H11S2/c1-2-5-13(6-3-1)8-9-14-10-11-16(18-14)15-7-4-12-17-15/h1-8,10-12H. The summed E-state index contributed by atoms with van der Waals surface area (Å²) in [5, 5.41) is 2.11. The average molecular weight is 267 g/mol. The van der Waals surface area contributed by atoms with Crippen LogP contribution in [-0.4, -0.2) is 0 Å². The Morgan fingerprint density at radius 1 is 0.833 bits per heavy atom. The molecule has 0 spiro atoms. The average Bonchev–Trinajstić information content (AvgIpc) is 3.08. The molecule has 0 aliphatic heterocycles. The van der Waals surface area contributed by atoms with Gasteiger partial charge in [-0.15, -0.1) is 22.7 Å². The largest absolute Gasteiger partial charge is 0.143 e. The van der Waals surface area contributed by atoms with Crippen molar-refractivity contribution in [1.29, 1.82) is 0 Å². The van der Waals surface area contributed by atoms with Gasteiger partial charge >= 0.3 is 0 Å². The topological polar surface area (TPSA) is 0 Å². The smallest absolute Gasteiger partial charge is 0.0449 e. The van der Waals surface area contributed by atoms with Crippen LogP contribution in [-0.2, 0) is 0 Å². The first-order valence-electron chi connectivity index (χ1n) is 5.70. The maximum Gasteiger partial charge on any atom is 0.0449 e. The number of benzene rings is 1. The zero-order valence-corrected chi connectivity index (χ0v) is 11.3. The lowest BCUT2D eigenvalue weighted by Gasteiger charge is -1.90. The first-order valence-corrected chi connectivity index (χ1v) is 7.40. The lowest BCUT2D eigenvalue weighted by Crippen LogP contribution is -1.68. The summed E-state index contributed by atoms with van der Waals surface area (Å²) in [6.07, 6.45) is 5.37. The van der Waals surface area contributed by atoms with Crippen molar-refractivity contribution < 1.29 is 0 Å². The van der Waals surface area contributed by atoms with Gasteiger partial charge in [0.1, 0.15) is 0 Å². The van der Waals surface area contributed by atoms with Crippen LogP contribution in [0.3, 0.4) is 0 Å². The van der Waals surface area contributed by atoms with Crippen LogP contribution in [0.2, 0.25) is 0 Å². The van der Waals surface area contributed by atoms with E-state index in [9.17, 15) is 0 Å². The van der Waals surface area contributed by atoms with Crippen molar-refractivity contribution in [2.24, 2.45) is 0 Å². The monoisotopic (exact) mass is 267 g/mol. The van der Waals surface area contributed by atoms with Gasteiger partial charge in [-0.1, -0.05) is 36.4 Å². The van der Waals surface area contributed by atoms with Gasteiger partial charge in [0.15, 0.2) is 0 Å². The quantitative estimate of drug-likeness (QED) is 0.600. The highest BCUT2D eigenvalue weighted by Crippen LogP contribution is 2.31. The van der Waals surface area contributed by atoms with Gasteiger partial charge in [-0.2, -0.15) is 0 Å². The molecule has 0 saturated heterocycles. The summed E-state index contributed by atoms with van der Waals surface area (Å²) in [4.78, 5) is 3.81. The molecule has 0 atom stereocenters. The molecule has 0 bridgehead atoms. The fourth-order valence-corrected chi connectivity index (χ4v) is 3.38. The number of thiophene rings is 2. The number of hydrogen-bond donors (Lipinski definition) is 0. The summed E-state index contributed by atoms with van der Waals surface area (Å²) < 4.78 is 0. The van der Waals surface area contributed by atoms with Gasteiger partial charge in [-0.25, -0.2) is 0 Å². The summed E-state index contributed by atoms with van der Waals surface area (Å²) in [5.74, 6) is 0. The van der Waals surface area contributed by atoms with Crippen molar-refractivity contribution in [2.75, 3.05) is 0 Å². The second-order valence-electron chi connectivity index (χ2n) is 3.84. The summed E-state index contributed by atoms with van der Waals surface area (Å²) in [6.45, 7) is 0. The zero-order chi connectivity index (χ0) is 12.2. The van der Waals surface area contributed by atoms with E-state index in [1.54, 1.807) is 22.7 Å². The van der Waals surface area contributed by atoms with E-state index in [1.165, 1.54) is 20.2 Å². The molecule has 2 aromatic heterocycles. The number of rotatable bonds is 3. The highest BCUT2D eigenvalue weighted by molar-refractivity contribution is 7.21. The van der Waals surface area contributed by atoms with Gasteiger partial charge in [0.2, 0.25) is 0 Å². The van der Waals surface area contributed by atoms with E-state index in [0.29, 0.717) is 0 Å². The normalized spacial score (nSPS) is 11.1. The molecule has 3 aromatic rings. The van der Waals surface area contributed by atoms with Gasteiger partial charge in [0.25, 0.3) is 0 Å². The zero-order valence-electron chi connectivity index (χ0n) is 9.67. The molecule has 87 valence electrons. The first-order chi connectivity index (χ1) is 8.92. The van der Waals surface area contributed by atoms with Crippen molar-refractivity contribution in [3.05, 3.63) is 76.5 Å². The molecule has 0 N–H and O–H groups in total. The highest BCUT2D eigenvalue weighted by atomic mass is 32.1. The molecule has 0 unspecified atom stereocenters. The van der Waals surface area contributed by atoms with Crippen LogP contribution >= 0.6 is 22.7 Å². The third kappa shape index (κ3) is 2.61. The van der Waals surface area contributed by atoms with E-state index >= 15 is 0 Å². The molecular weight excluding hydrogens is 256 g/mol. The van der Waals surface area contributed by atoms with Gasteiger partial charge in [-0.3, -0.25) is 0 Å². The minimum atomic E-state index is 1.17. The van der Waals surface area contributed by atoms with Crippen LogP contribution in [0.15, 0.2) is 60.0 Å². The third-order valence-corrected chi connectivity index (χ3v) is 4.63. The van der Waals surface area contributed by atoms with E-state index in [4.69, 9.17) is 0 Å². The Hall–Kier alpha value is -1.64. The lowest BCUT2D eigenvalue weighted by atomic mass is 10.2. The Morgan fingerprint density at radius 3 is 2.50 bits per heavy atom. The molecule has 0 saturated carbocycles. The molecule has 0 aliphatic carbocycles. The second-order valence-corrected chi connectivity index (χ2v) is 5.87. The Balaban J connectivity index is 1.80. The summed E-state index contributed by atoms with van der Waals surface area (Å²) in [7, 11) is 0. The number of hydrogen-bond acceptors (Lipinski definition) is 2. The summed E-state index contributed by atoms with van der Waals surface area (Å²) in [5.41, 5.74) is 1.18. The molecule has 0 fully saturated rings. The molecule has 1 radical (unpaired) electrons. The molecular formula is C16H11S2. The van der Waals surface area contributed by atoms with Crippen LogP contribution < -0.4 is 0 Å². The predicted octanol–water partition coefficient (Wildman–Crippen LogP) is 5.34. The first kappa shape index (κ1) is 11.5. The summed E-state index contributed by atoms with van der Waals surface area (Å²) in [6, 6.07) is 18.8. The molecule has 0 aliphatic rings. The van der Waals surface area contributed by atoms with E-state index in [2.05, 4.69) is 47.9 Å². The van der Waals surface area contributed by atoms with Crippen molar-refractivity contribution in [1.82, 2.24) is 0 Å². The van der Waals surface area contributed by atoms with E-state index in [-0.39, 0.29) is 0 Å².